The van der Waals surface area contributed by atoms with Crippen molar-refractivity contribution in [3.05, 3.63) is 35.9 Å². The van der Waals surface area contributed by atoms with Crippen LogP contribution >= 0.6 is 0 Å². The first-order valence-electron chi connectivity index (χ1n) is 6.83. The number of nitrogens with one attached hydrogen (secondary N) is 1. The van der Waals surface area contributed by atoms with Crippen LogP contribution in [-0.2, 0) is 11.3 Å². The lowest BCUT2D eigenvalue weighted by Crippen LogP contribution is -2.54. The number of carbonyl (C=O) groups is 1. The van der Waals surface area contributed by atoms with Crippen LogP contribution in [0.4, 0.5) is 0 Å². The Morgan fingerprint density at radius 2 is 2.06 bits per heavy atom. The van der Waals surface area contributed by atoms with E-state index in [-0.39, 0.29) is 11.4 Å². The number of likely N-dealkylation sites (tertiary alicyclic amines) is 1. The van der Waals surface area contributed by atoms with Crippen molar-refractivity contribution < 1.29 is 4.79 Å². The van der Waals surface area contributed by atoms with Gasteiger partial charge in [-0.3, -0.25) is 9.69 Å². The fourth-order valence-corrected chi connectivity index (χ4v) is 3.28. The lowest BCUT2D eigenvalue weighted by Gasteiger charge is -2.40. The molecule has 0 bridgehead atoms. The van der Waals surface area contributed by atoms with E-state index >= 15 is 0 Å². The Hall–Kier alpha value is -1.35. The first-order chi connectivity index (χ1) is 8.76. The minimum absolute atomic E-state index is 0.0735. The van der Waals surface area contributed by atoms with Gasteiger partial charge in [0.1, 0.15) is 0 Å². The van der Waals surface area contributed by atoms with Crippen molar-refractivity contribution in [1.82, 2.24) is 10.2 Å². The minimum Gasteiger partial charge on any atom is -0.349 e. The first kappa shape index (κ1) is 11.7. The van der Waals surface area contributed by atoms with Crippen molar-refractivity contribution >= 4 is 5.91 Å². The number of benzene rings is 1. The highest BCUT2D eigenvalue weighted by Crippen LogP contribution is 2.30. The number of carbonyl (C=O) groups excluding carboxylic acids is 1. The van der Waals surface area contributed by atoms with Crippen LogP contribution in [0.25, 0.3) is 0 Å². The molecule has 1 unspecified atom stereocenters. The summed E-state index contributed by atoms with van der Waals surface area (Å²) in [6.45, 7) is 3.15. The van der Waals surface area contributed by atoms with Gasteiger partial charge in [-0.05, 0) is 31.4 Å². The van der Waals surface area contributed by atoms with Gasteiger partial charge < -0.3 is 5.32 Å². The SMILES string of the molecule is O=C1CCC2(CCCN(Cc3ccccc3)C2)N1. The van der Waals surface area contributed by atoms with Crippen LogP contribution < -0.4 is 5.32 Å². The normalized spacial score (nSPS) is 28.6. The van der Waals surface area contributed by atoms with Gasteiger partial charge in [0.2, 0.25) is 5.91 Å². The third-order valence-corrected chi connectivity index (χ3v) is 4.14. The number of rotatable bonds is 2. The van der Waals surface area contributed by atoms with Crippen LogP contribution in [0.15, 0.2) is 30.3 Å². The number of hydrogen-bond acceptors (Lipinski definition) is 2. The zero-order valence-corrected chi connectivity index (χ0v) is 10.7. The van der Waals surface area contributed by atoms with Crippen LogP contribution in [0.1, 0.15) is 31.2 Å². The molecule has 18 heavy (non-hydrogen) atoms. The van der Waals surface area contributed by atoms with Crippen molar-refractivity contribution in [2.24, 2.45) is 0 Å². The zero-order valence-electron chi connectivity index (χ0n) is 10.7. The summed E-state index contributed by atoms with van der Waals surface area (Å²) in [5, 5.41) is 3.20. The summed E-state index contributed by atoms with van der Waals surface area (Å²) in [5.41, 5.74) is 1.43. The molecule has 2 heterocycles. The monoisotopic (exact) mass is 244 g/mol. The van der Waals surface area contributed by atoms with Crippen LogP contribution in [0.5, 0.6) is 0 Å². The molecular formula is C15H20N2O. The van der Waals surface area contributed by atoms with Crippen molar-refractivity contribution in [2.45, 2.75) is 37.8 Å². The van der Waals surface area contributed by atoms with E-state index in [0.717, 1.165) is 32.5 Å². The molecule has 3 rings (SSSR count). The highest BCUT2D eigenvalue weighted by Gasteiger charge is 2.40. The second kappa shape index (κ2) is 4.73. The fourth-order valence-electron chi connectivity index (χ4n) is 3.28. The summed E-state index contributed by atoms with van der Waals surface area (Å²) < 4.78 is 0. The van der Waals surface area contributed by atoms with Crippen molar-refractivity contribution in [3.63, 3.8) is 0 Å². The molecule has 0 radical (unpaired) electrons. The molecule has 2 saturated heterocycles. The maximum atomic E-state index is 11.5. The Balaban J connectivity index is 1.66. The van der Waals surface area contributed by atoms with Crippen molar-refractivity contribution in [1.29, 1.82) is 0 Å². The Morgan fingerprint density at radius 3 is 2.78 bits per heavy atom. The molecule has 1 amide bonds. The molecule has 2 aliphatic heterocycles. The van der Waals surface area contributed by atoms with Gasteiger partial charge >= 0.3 is 0 Å². The molecule has 0 saturated carbocycles. The van der Waals surface area contributed by atoms with E-state index in [1.54, 1.807) is 0 Å². The van der Waals surface area contributed by atoms with Gasteiger partial charge in [-0.15, -0.1) is 0 Å². The highest BCUT2D eigenvalue weighted by atomic mass is 16.2. The number of piperidine rings is 1. The smallest absolute Gasteiger partial charge is 0.220 e. The third kappa shape index (κ3) is 2.41. The van der Waals surface area contributed by atoms with Gasteiger partial charge in [-0.25, -0.2) is 0 Å². The fraction of sp³-hybridized carbons (Fsp3) is 0.533. The van der Waals surface area contributed by atoms with Gasteiger partial charge in [0, 0.05) is 19.5 Å². The first-order valence-corrected chi connectivity index (χ1v) is 6.83. The predicted octanol–water partition coefficient (Wildman–Crippen LogP) is 1.93. The van der Waals surface area contributed by atoms with Crippen LogP contribution in [0.3, 0.4) is 0 Å². The molecular weight excluding hydrogens is 224 g/mol. The van der Waals surface area contributed by atoms with E-state index in [4.69, 9.17) is 0 Å². The minimum atomic E-state index is 0.0735. The molecule has 2 aliphatic rings. The van der Waals surface area contributed by atoms with Gasteiger partial charge in [0.05, 0.1) is 5.54 Å². The van der Waals surface area contributed by atoms with Crippen LogP contribution in [0.2, 0.25) is 0 Å². The number of amides is 1. The van der Waals surface area contributed by atoms with E-state index in [0.29, 0.717) is 6.42 Å². The van der Waals surface area contributed by atoms with Crippen LogP contribution in [-0.4, -0.2) is 29.4 Å². The molecule has 0 aromatic heterocycles. The molecule has 1 atom stereocenters. The van der Waals surface area contributed by atoms with Gasteiger partial charge in [0.25, 0.3) is 0 Å². The van der Waals surface area contributed by atoms with E-state index in [1.807, 2.05) is 0 Å². The second-order valence-electron chi connectivity index (χ2n) is 5.63. The largest absolute Gasteiger partial charge is 0.349 e. The topological polar surface area (TPSA) is 32.3 Å². The Morgan fingerprint density at radius 1 is 1.22 bits per heavy atom. The Kier molecular flexibility index (Phi) is 3.08. The third-order valence-electron chi connectivity index (χ3n) is 4.14. The predicted molar refractivity (Wildman–Crippen MR) is 71.1 cm³/mol. The summed E-state index contributed by atoms with van der Waals surface area (Å²) in [4.78, 5) is 13.9. The van der Waals surface area contributed by atoms with Gasteiger partial charge in [0.15, 0.2) is 0 Å². The summed E-state index contributed by atoms with van der Waals surface area (Å²) in [6, 6.07) is 10.6. The number of nitrogens with zero attached hydrogens (tertiary/aromatic N) is 1. The molecule has 1 aromatic rings. The van der Waals surface area contributed by atoms with Gasteiger partial charge in [-0.1, -0.05) is 30.3 Å². The highest BCUT2D eigenvalue weighted by molar-refractivity contribution is 5.79. The molecule has 1 N–H and O–H groups in total. The summed E-state index contributed by atoms with van der Waals surface area (Å²) >= 11 is 0. The summed E-state index contributed by atoms with van der Waals surface area (Å²) in [7, 11) is 0. The lowest BCUT2D eigenvalue weighted by molar-refractivity contribution is -0.120. The second-order valence-corrected chi connectivity index (χ2v) is 5.63. The number of hydrogen-bond donors (Lipinski definition) is 1. The maximum absolute atomic E-state index is 11.5. The lowest BCUT2D eigenvalue weighted by atomic mass is 9.87. The van der Waals surface area contributed by atoms with E-state index in [2.05, 4.69) is 40.5 Å². The summed E-state index contributed by atoms with van der Waals surface area (Å²) in [5.74, 6) is 0.233. The van der Waals surface area contributed by atoms with Crippen molar-refractivity contribution in [2.75, 3.05) is 13.1 Å². The molecule has 2 fully saturated rings. The maximum Gasteiger partial charge on any atom is 0.220 e. The standard InChI is InChI=1S/C15H20N2O/c18-14-7-9-15(16-14)8-4-10-17(12-15)11-13-5-2-1-3-6-13/h1-3,5-6H,4,7-12H2,(H,16,18). The molecule has 3 nitrogen and oxygen atoms in total. The molecule has 3 heteroatoms. The Labute approximate surface area is 108 Å². The average Bonchev–Trinajstić information content (AvgIpc) is 2.72. The zero-order chi connectivity index (χ0) is 12.4. The quantitative estimate of drug-likeness (QED) is 0.862. The van der Waals surface area contributed by atoms with E-state index in [1.165, 1.54) is 12.0 Å². The van der Waals surface area contributed by atoms with Crippen molar-refractivity contribution in [3.8, 4) is 0 Å². The van der Waals surface area contributed by atoms with E-state index < -0.39 is 0 Å². The molecule has 0 aliphatic carbocycles. The molecule has 1 spiro atoms. The van der Waals surface area contributed by atoms with Crippen LogP contribution in [0, 0.1) is 0 Å². The molecule has 1 aromatic carbocycles. The summed E-state index contributed by atoms with van der Waals surface area (Å²) in [6.07, 6.45) is 4.05. The Bertz CT molecular complexity index is 431. The molecule has 96 valence electrons. The van der Waals surface area contributed by atoms with E-state index in [9.17, 15) is 4.79 Å². The van der Waals surface area contributed by atoms with Gasteiger partial charge in [-0.2, -0.15) is 0 Å². The average molecular weight is 244 g/mol.